The Bertz CT molecular complexity index is 583. The first-order chi connectivity index (χ1) is 8.93. The highest BCUT2D eigenvalue weighted by atomic mass is 32.2. The third kappa shape index (κ3) is 2.70. The third-order valence-corrected chi connectivity index (χ3v) is 5.53. The second kappa shape index (κ2) is 4.33. The Morgan fingerprint density at radius 3 is 2.68 bits per heavy atom. The molecule has 0 unspecified atom stereocenters. The lowest BCUT2D eigenvalue weighted by molar-refractivity contribution is 0.530. The SMILES string of the molecule is CC1(CNS(=O)(=O)c2cc(CN)n(C3CC3)c2)CC1. The van der Waals surface area contributed by atoms with Crippen molar-refractivity contribution < 1.29 is 8.42 Å². The van der Waals surface area contributed by atoms with Crippen molar-refractivity contribution in [1.29, 1.82) is 0 Å². The van der Waals surface area contributed by atoms with Crippen molar-refractivity contribution in [3.8, 4) is 0 Å². The van der Waals surface area contributed by atoms with Gasteiger partial charge in [0.15, 0.2) is 0 Å². The molecule has 1 aromatic heterocycles. The summed E-state index contributed by atoms with van der Waals surface area (Å²) < 4.78 is 29.3. The first kappa shape index (κ1) is 13.1. The number of nitrogens with one attached hydrogen (secondary N) is 1. The molecule has 19 heavy (non-hydrogen) atoms. The van der Waals surface area contributed by atoms with Gasteiger partial charge in [0.25, 0.3) is 0 Å². The molecular formula is C13H21N3O2S. The highest BCUT2D eigenvalue weighted by molar-refractivity contribution is 7.89. The van der Waals surface area contributed by atoms with Gasteiger partial charge in [0.05, 0.1) is 4.90 Å². The molecule has 2 fully saturated rings. The van der Waals surface area contributed by atoms with Crippen LogP contribution in [0, 0.1) is 5.41 Å². The van der Waals surface area contributed by atoms with E-state index in [-0.39, 0.29) is 5.41 Å². The minimum Gasteiger partial charge on any atom is -0.346 e. The largest absolute Gasteiger partial charge is 0.346 e. The molecule has 0 spiro atoms. The molecule has 3 rings (SSSR count). The number of hydrogen-bond acceptors (Lipinski definition) is 3. The molecular weight excluding hydrogens is 262 g/mol. The lowest BCUT2D eigenvalue weighted by atomic mass is 10.2. The fourth-order valence-corrected chi connectivity index (χ4v) is 3.49. The molecule has 0 atom stereocenters. The van der Waals surface area contributed by atoms with Gasteiger partial charge in [0.1, 0.15) is 0 Å². The number of sulfonamides is 1. The molecule has 6 heteroatoms. The van der Waals surface area contributed by atoms with Gasteiger partial charge in [0.2, 0.25) is 10.0 Å². The zero-order valence-electron chi connectivity index (χ0n) is 11.2. The van der Waals surface area contributed by atoms with Crippen molar-refractivity contribution in [2.45, 2.75) is 50.1 Å². The smallest absolute Gasteiger partial charge is 0.242 e. The highest BCUT2D eigenvalue weighted by Crippen LogP contribution is 2.44. The minimum atomic E-state index is -3.40. The number of rotatable bonds is 6. The van der Waals surface area contributed by atoms with Crippen LogP contribution < -0.4 is 10.5 Å². The molecule has 106 valence electrons. The van der Waals surface area contributed by atoms with Crippen LogP contribution in [0.1, 0.15) is 44.3 Å². The van der Waals surface area contributed by atoms with Crippen LogP contribution in [0.2, 0.25) is 0 Å². The fraction of sp³-hybridized carbons (Fsp3) is 0.692. The zero-order valence-corrected chi connectivity index (χ0v) is 12.0. The average Bonchev–Trinajstić information content (AvgIpc) is 3.29. The van der Waals surface area contributed by atoms with Crippen molar-refractivity contribution >= 4 is 10.0 Å². The molecule has 2 aliphatic carbocycles. The number of nitrogens with two attached hydrogens (primary N) is 1. The Morgan fingerprint density at radius 1 is 1.47 bits per heavy atom. The molecule has 0 bridgehead atoms. The number of aromatic nitrogens is 1. The normalized spacial score (nSPS) is 21.6. The van der Waals surface area contributed by atoms with Gasteiger partial charge < -0.3 is 10.3 Å². The summed E-state index contributed by atoms with van der Waals surface area (Å²) in [6.07, 6.45) is 6.18. The maximum Gasteiger partial charge on any atom is 0.242 e. The number of hydrogen-bond donors (Lipinski definition) is 2. The average molecular weight is 283 g/mol. The van der Waals surface area contributed by atoms with Gasteiger partial charge in [-0.15, -0.1) is 0 Å². The lowest BCUT2D eigenvalue weighted by Gasteiger charge is -2.09. The van der Waals surface area contributed by atoms with Gasteiger partial charge in [0, 0.05) is 31.0 Å². The summed E-state index contributed by atoms with van der Waals surface area (Å²) in [6.45, 7) is 3.02. The molecule has 1 aromatic rings. The molecule has 0 aliphatic heterocycles. The summed E-state index contributed by atoms with van der Waals surface area (Å²) in [5, 5.41) is 0. The van der Waals surface area contributed by atoms with Crippen LogP contribution in [0.4, 0.5) is 0 Å². The predicted molar refractivity (Wildman–Crippen MR) is 73.1 cm³/mol. The van der Waals surface area contributed by atoms with Crippen molar-refractivity contribution in [2.24, 2.45) is 11.1 Å². The van der Waals surface area contributed by atoms with Crippen LogP contribution in [0.25, 0.3) is 0 Å². The summed E-state index contributed by atoms with van der Waals surface area (Å²) in [4.78, 5) is 0.351. The molecule has 0 amide bonds. The molecule has 0 radical (unpaired) electrons. The van der Waals surface area contributed by atoms with E-state index in [4.69, 9.17) is 5.73 Å². The summed E-state index contributed by atoms with van der Waals surface area (Å²) in [5.41, 5.74) is 6.76. The van der Waals surface area contributed by atoms with Crippen LogP contribution >= 0.6 is 0 Å². The van der Waals surface area contributed by atoms with E-state index < -0.39 is 10.0 Å². The van der Waals surface area contributed by atoms with Crippen molar-refractivity contribution in [1.82, 2.24) is 9.29 Å². The molecule has 1 heterocycles. The molecule has 0 aromatic carbocycles. The topological polar surface area (TPSA) is 77.1 Å². The van der Waals surface area contributed by atoms with Gasteiger partial charge in [-0.1, -0.05) is 6.92 Å². The van der Waals surface area contributed by atoms with Gasteiger partial charge >= 0.3 is 0 Å². The summed E-state index contributed by atoms with van der Waals surface area (Å²) in [6, 6.07) is 2.15. The Labute approximate surface area is 114 Å². The van der Waals surface area contributed by atoms with Crippen molar-refractivity contribution in [2.75, 3.05) is 6.54 Å². The Hall–Kier alpha value is -0.850. The lowest BCUT2D eigenvalue weighted by Crippen LogP contribution is -2.28. The summed E-state index contributed by atoms with van der Waals surface area (Å²) in [5.74, 6) is 0. The summed E-state index contributed by atoms with van der Waals surface area (Å²) >= 11 is 0. The zero-order chi connectivity index (χ0) is 13.7. The maximum absolute atomic E-state index is 12.3. The van der Waals surface area contributed by atoms with Gasteiger partial charge in [-0.25, -0.2) is 13.1 Å². The van der Waals surface area contributed by atoms with Crippen molar-refractivity contribution in [3.63, 3.8) is 0 Å². The van der Waals surface area contributed by atoms with Crippen LogP contribution in [0.3, 0.4) is 0 Å². The van der Waals surface area contributed by atoms with E-state index in [0.717, 1.165) is 31.4 Å². The van der Waals surface area contributed by atoms with E-state index in [0.29, 0.717) is 24.0 Å². The van der Waals surface area contributed by atoms with Crippen LogP contribution in [-0.2, 0) is 16.6 Å². The van der Waals surface area contributed by atoms with E-state index in [1.807, 2.05) is 4.57 Å². The third-order valence-electron chi connectivity index (χ3n) is 4.16. The molecule has 2 aliphatic rings. The monoisotopic (exact) mass is 283 g/mol. The molecule has 0 saturated heterocycles. The van der Waals surface area contributed by atoms with Crippen molar-refractivity contribution in [3.05, 3.63) is 18.0 Å². The quantitative estimate of drug-likeness (QED) is 0.827. The molecule has 2 saturated carbocycles. The van der Waals surface area contributed by atoms with E-state index in [1.165, 1.54) is 0 Å². The standard InChI is InChI=1S/C13H21N3O2S/c1-13(4-5-13)9-15-19(17,18)12-6-11(7-14)16(8-12)10-2-3-10/h6,8,10,15H,2-5,7,9,14H2,1H3. The van der Waals surface area contributed by atoms with E-state index >= 15 is 0 Å². The molecule has 5 nitrogen and oxygen atoms in total. The molecule has 3 N–H and O–H groups in total. The second-order valence-electron chi connectivity index (χ2n) is 6.14. The maximum atomic E-state index is 12.3. The van der Waals surface area contributed by atoms with Crippen LogP contribution in [0.5, 0.6) is 0 Å². The first-order valence-corrected chi connectivity index (χ1v) is 8.32. The Balaban J connectivity index is 1.79. The summed E-state index contributed by atoms with van der Waals surface area (Å²) in [7, 11) is -3.40. The minimum absolute atomic E-state index is 0.169. The van der Waals surface area contributed by atoms with Gasteiger partial charge in [-0.2, -0.15) is 0 Å². The Morgan fingerprint density at radius 2 is 2.16 bits per heavy atom. The first-order valence-electron chi connectivity index (χ1n) is 6.84. The second-order valence-corrected chi connectivity index (χ2v) is 7.91. The van der Waals surface area contributed by atoms with Crippen LogP contribution in [0.15, 0.2) is 17.2 Å². The number of nitrogens with zero attached hydrogens (tertiary/aromatic N) is 1. The van der Waals surface area contributed by atoms with E-state index in [1.54, 1.807) is 12.3 Å². The highest BCUT2D eigenvalue weighted by Gasteiger charge is 2.38. The van der Waals surface area contributed by atoms with E-state index in [2.05, 4.69) is 11.6 Å². The van der Waals surface area contributed by atoms with Gasteiger partial charge in [-0.05, 0) is 37.2 Å². The van der Waals surface area contributed by atoms with Gasteiger partial charge in [-0.3, -0.25) is 0 Å². The fourth-order valence-electron chi connectivity index (χ4n) is 2.24. The van der Waals surface area contributed by atoms with Crippen LogP contribution in [-0.4, -0.2) is 19.5 Å². The predicted octanol–water partition coefficient (Wildman–Crippen LogP) is 1.36. The Kier molecular flexibility index (Phi) is 2.99. The van der Waals surface area contributed by atoms with E-state index in [9.17, 15) is 8.42 Å².